The molecule has 0 fully saturated rings. The molecule has 2 nitrogen and oxygen atoms in total. The Hall–Kier alpha value is -5.60. The van der Waals surface area contributed by atoms with Gasteiger partial charge in [0, 0.05) is 38.3 Å². The number of para-hydroxylation sites is 1. The molecular weight excluding hydrogens is 605 g/mol. The van der Waals surface area contributed by atoms with Crippen molar-refractivity contribution >= 4 is 54.4 Å². The van der Waals surface area contributed by atoms with Gasteiger partial charge in [-0.3, -0.25) is 0 Å². The van der Waals surface area contributed by atoms with Crippen LogP contribution in [0.5, 0.6) is 0 Å². The lowest BCUT2D eigenvalue weighted by Crippen LogP contribution is -2.33. The quantitative estimate of drug-likeness (QED) is 0.181. The minimum atomic E-state index is 0.107. The van der Waals surface area contributed by atoms with Crippen molar-refractivity contribution in [1.29, 1.82) is 0 Å². The van der Waals surface area contributed by atoms with E-state index in [1.165, 1.54) is 101 Å². The molecule has 0 saturated heterocycles. The summed E-state index contributed by atoms with van der Waals surface area (Å²) in [5, 5.41) is 7.81. The number of hydrogen-bond acceptors (Lipinski definition) is 0. The molecule has 0 unspecified atom stereocenters. The van der Waals surface area contributed by atoms with Crippen molar-refractivity contribution in [3.05, 3.63) is 157 Å². The Morgan fingerprint density at radius 1 is 0.420 bits per heavy atom. The molecule has 0 amide bonds. The molecule has 1 aliphatic carbocycles. The van der Waals surface area contributed by atoms with E-state index >= 15 is 0 Å². The van der Waals surface area contributed by atoms with Gasteiger partial charge in [0.25, 0.3) is 0 Å². The predicted octanol–water partition coefficient (Wildman–Crippen LogP) is 13.0. The highest BCUT2D eigenvalue weighted by molar-refractivity contribution is 6.31. The molecule has 10 rings (SSSR count). The number of hydrogen-bond donors (Lipinski definition) is 0. The van der Waals surface area contributed by atoms with Gasteiger partial charge in [-0.15, -0.1) is 0 Å². The lowest BCUT2D eigenvalue weighted by Gasteiger charge is -2.42. The molecule has 0 bridgehead atoms. The highest BCUT2D eigenvalue weighted by Crippen LogP contribution is 2.50. The first-order valence-electron chi connectivity index (χ1n) is 18.0. The summed E-state index contributed by atoms with van der Waals surface area (Å²) in [5.74, 6) is 0. The van der Waals surface area contributed by atoms with Crippen LogP contribution in [0, 0.1) is 0 Å². The van der Waals surface area contributed by atoms with Crippen molar-refractivity contribution in [3.63, 3.8) is 0 Å². The molecule has 7 aromatic carbocycles. The zero-order valence-corrected chi connectivity index (χ0v) is 29.2. The van der Waals surface area contributed by atoms with E-state index in [2.05, 4.69) is 182 Å². The van der Waals surface area contributed by atoms with Crippen LogP contribution in [0.3, 0.4) is 0 Å². The van der Waals surface area contributed by atoms with Gasteiger partial charge >= 0.3 is 0 Å². The fourth-order valence-electron chi connectivity index (χ4n) is 9.01. The Balaban J connectivity index is 1.41. The van der Waals surface area contributed by atoms with E-state index in [1.807, 2.05) is 0 Å². The van der Waals surface area contributed by atoms with Gasteiger partial charge in [0.15, 0.2) is 0 Å². The zero-order chi connectivity index (χ0) is 33.8. The van der Waals surface area contributed by atoms with Crippen LogP contribution >= 0.6 is 0 Å². The van der Waals surface area contributed by atoms with E-state index in [-0.39, 0.29) is 10.8 Å². The maximum atomic E-state index is 2.58. The molecule has 2 heteroatoms. The summed E-state index contributed by atoms with van der Waals surface area (Å²) in [6.07, 6.45) is 2.38. The van der Waals surface area contributed by atoms with Gasteiger partial charge in [-0.05, 0) is 99.8 Å². The first-order chi connectivity index (χ1) is 24.3. The second-order valence-corrected chi connectivity index (χ2v) is 15.6. The Labute approximate surface area is 293 Å². The summed E-state index contributed by atoms with van der Waals surface area (Å²) < 4.78 is 5.04. The van der Waals surface area contributed by atoms with Crippen LogP contribution in [-0.2, 0) is 10.8 Å². The van der Waals surface area contributed by atoms with Gasteiger partial charge in [0.2, 0.25) is 0 Å². The average Bonchev–Trinajstić information content (AvgIpc) is 3.66. The third-order valence-corrected chi connectivity index (χ3v) is 11.7. The standard InChI is InChI=1S/C48H40N2/c1-47(2)26-27-48(3,4)40-30-43-38(29-39(40)47)45-41(49(43)34-18-9-6-10-19-34)24-25-42-44(45)37-23-22-32-16-11-12-21-36(32)46(37)50(42)35-20-13-17-33(28-35)31-14-7-5-8-15-31/h5-25,28-30H,26-27H2,1-4H3. The van der Waals surface area contributed by atoms with Crippen molar-refractivity contribution in [2.24, 2.45) is 0 Å². The van der Waals surface area contributed by atoms with Crippen LogP contribution in [0.4, 0.5) is 0 Å². The van der Waals surface area contributed by atoms with Crippen molar-refractivity contribution < 1.29 is 0 Å². The average molecular weight is 645 g/mol. The fraction of sp³-hybridized carbons (Fsp3) is 0.167. The summed E-state index contributed by atoms with van der Waals surface area (Å²) in [7, 11) is 0. The van der Waals surface area contributed by atoms with Crippen LogP contribution in [0.25, 0.3) is 76.9 Å². The van der Waals surface area contributed by atoms with Crippen molar-refractivity contribution in [1.82, 2.24) is 9.13 Å². The maximum absolute atomic E-state index is 2.58. The summed E-state index contributed by atoms with van der Waals surface area (Å²) in [6, 6.07) is 54.1. The van der Waals surface area contributed by atoms with Crippen LogP contribution in [-0.4, -0.2) is 9.13 Å². The SMILES string of the molecule is CC1(C)CCC(C)(C)c2cc3c(cc21)c1c2c4ccc5ccccc5c4n(-c4cccc(-c5ccccc5)c4)c2ccc1n3-c1ccccc1. The van der Waals surface area contributed by atoms with Crippen molar-refractivity contribution in [3.8, 4) is 22.5 Å². The molecule has 0 N–H and O–H groups in total. The minimum Gasteiger partial charge on any atom is -0.309 e. The van der Waals surface area contributed by atoms with Crippen LogP contribution in [0.15, 0.2) is 146 Å². The zero-order valence-electron chi connectivity index (χ0n) is 29.2. The molecule has 0 atom stereocenters. The molecule has 0 saturated carbocycles. The van der Waals surface area contributed by atoms with Crippen LogP contribution in [0.2, 0.25) is 0 Å². The summed E-state index contributed by atoms with van der Waals surface area (Å²) in [4.78, 5) is 0. The monoisotopic (exact) mass is 644 g/mol. The summed E-state index contributed by atoms with van der Waals surface area (Å²) >= 11 is 0. The van der Waals surface area contributed by atoms with E-state index in [1.54, 1.807) is 0 Å². The number of aromatic nitrogens is 2. The molecule has 9 aromatic rings. The lowest BCUT2D eigenvalue weighted by molar-refractivity contribution is 0.332. The first kappa shape index (κ1) is 29.3. The molecule has 0 aliphatic heterocycles. The maximum Gasteiger partial charge on any atom is 0.0619 e. The van der Waals surface area contributed by atoms with Gasteiger partial charge in [-0.2, -0.15) is 0 Å². The Bertz CT molecular complexity index is 2790. The first-order valence-corrected chi connectivity index (χ1v) is 18.0. The largest absolute Gasteiger partial charge is 0.309 e. The topological polar surface area (TPSA) is 9.86 Å². The summed E-state index contributed by atoms with van der Waals surface area (Å²) in [5.41, 5.74) is 13.1. The fourth-order valence-corrected chi connectivity index (χ4v) is 9.01. The normalized spacial score (nSPS) is 15.4. The minimum absolute atomic E-state index is 0.107. The second kappa shape index (κ2) is 10.5. The van der Waals surface area contributed by atoms with Crippen LogP contribution < -0.4 is 0 Å². The van der Waals surface area contributed by atoms with Gasteiger partial charge in [0.1, 0.15) is 0 Å². The van der Waals surface area contributed by atoms with Crippen molar-refractivity contribution in [2.45, 2.75) is 51.4 Å². The predicted molar refractivity (Wildman–Crippen MR) is 213 cm³/mol. The van der Waals surface area contributed by atoms with Gasteiger partial charge in [-0.1, -0.05) is 125 Å². The van der Waals surface area contributed by atoms with Crippen LogP contribution in [0.1, 0.15) is 51.7 Å². The molecule has 2 aromatic heterocycles. The number of benzene rings is 7. The molecule has 0 spiro atoms. The number of nitrogens with zero attached hydrogens (tertiary/aromatic N) is 2. The van der Waals surface area contributed by atoms with E-state index in [9.17, 15) is 0 Å². The number of fused-ring (bicyclic) bond motifs is 10. The van der Waals surface area contributed by atoms with Gasteiger partial charge in [0.05, 0.1) is 22.1 Å². The summed E-state index contributed by atoms with van der Waals surface area (Å²) in [6.45, 7) is 9.75. The third-order valence-electron chi connectivity index (χ3n) is 11.7. The third kappa shape index (κ3) is 4.15. The highest BCUT2D eigenvalue weighted by Gasteiger charge is 2.38. The smallest absolute Gasteiger partial charge is 0.0619 e. The van der Waals surface area contributed by atoms with E-state index in [4.69, 9.17) is 0 Å². The molecule has 0 radical (unpaired) electrons. The van der Waals surface area contributed by atoms with E-state index in [0.717, 1.165) is 0 Å². The molecule has 1 aliphatic rings. The van der Waals surface area contributed by atoms with Gasteiger partial charge < -0.3 is 9.13 Å². The Morgan fingerprint density at radius 2 is 1.02 bits per heavy atom. The molecule has 50 heavy (non-hydrogen) atoms. The molecular formula is C48H40N2. The second-order valence-electron chi connectivity index (χ2n) is 15.6. The Morgan fingerprint density at radius 3 is 1.78 bits per heavy atom. The van der Waals surface area contributed by atoms with E-state index in [0.29, 0.717) is 0 Å². The van der Waals surface area contributed by atoms with Gasteiger partial charge in [-0.25, -0.2) is 0 Å². The number of rotatable bonds is 3. The highest BCUT2D eigenvalue weighted by atomic mass is 15.0. The molecule has 2 heterocycles. The molecule has 242 valence electrons. The van der Waals surface area contributed by atoms with Crippen molar-refractivity contribution in [2.75, 3.05) is 0 Å². The lowest BCUT2D eigenvalue weighted by atomic mass is 9.63. The van der Waals surface area contributed by atoms with E-state index < -0.39 is 0 Å². The Kier molecular flexibility index (Phi) is 6.13.